The van der Waals surface area contributed by atoms with Gasteiger partial charge < -0.3 is 9.64 Å². The molecule has 23 heavy (non-hydrogen) atoms. The van der Waals surface area contributed by atoms with Crippen LogP contribution in [0.25, 0.3) is 5.57 Å². The third-order valence-corrected chi connectivity index (χ3v) is 4.53. The zero-order valence-electron chi connectivity index (χ0n) is 14.3. The van der Waals surface area contributed by atoms with Crippen LogP contribution < -0.4 is 4.74 Å². The van der Waals surface area contributed by atoms with E-state index in [0.29, 0.717) is 0 Å². The Morgan fingerprint density at radius 2 is 1.70 bits per heavy atom. The first-order valence-electron chi connectivity index (χ1n) is 8.25. The molecule has 0 spiro atoms. The fraction of sp³-hybridized carbons (Fsp3) is 0.333. The van der Waals surface area contributed by atoms with Crippen LogP contribution in [0.5, 0.6) is 5.75 Å². The van der Waals surface area contributed by atoms with Crippen molar-refractivity contribution in [2.24, 2.45) is 0 Å². The molecule has 0 unspecified atom stereocenters. The largest absolute Gasteiger partial charge is 0.496 e. The molecule has 0 N–H and O–H groups in total. The number of benzene rings is 2. The monoisotopic (exact) mass is 307 g/mol. The number of methoxy groups -OCH3 is 1. The van der Waals surface area contributed by atoms with Gasteiger partial charge in [-0.2, -0.15) is 0 Å². The predicted molar refractivity (Wildman–Crippen MR) is 96.9 cm³/mol. The van der Waals surface area contributed by atoms with Crippen LogP contribution in [0, 0.1) is 0 Å². The van der Waals surface area contributed by atoms with Crippen molar-refractivity contribution in [3.05, 3.63) is 70.8 Å². The highest BCUT2D eigenvalue weighted by Gasteiger charge is 2.20. The molecular formula is C21H25NO. The highest BCUT2D eigenvalue weighted by molar-refractivity contribution is 5.75. The third kappa shape index (κ3) is 3.48. The summed E-state index contributed by atoms with van der Waals surface area (Å²) in [5.41, 5.74) is 7.18. The minimum Gasteiger partial charge on any atom is -0.496 e. The summed E-state index contributed by atoms with van der Waals surface area (Å²) >= 11 is 0. The molecule has 0 aliphatic heterocycles. The van der Waals surface area contributed by atoms with E-state index in [9.17, 15) is 0 Å². The van der Waals surface area contributed by atoms with Gasteiger partial charge >= 0.3 is 0 Å². The summed E-state index contributed by atoms with van der Waals surface area (Å²) in [6.45, 7) is 1.03. The SMILES string of the molecule is COc1ccccc1CC1=C(CN(C)C)CCc2ccccc21. The molecule has 0 heterocycles. The topological polar surface area (TPSA) is 12.5 Å². The molecule has 3 rings (SSSR count). The first-order valence-corrected chi connectivity index (χ1v) is 8.25. The maximum atomic E-state index is 5.56. The minimum atomic E-state index is 0.935. The molecule has 0 radical (unpaired) electrons. The highest BCUT2D eigenvalue weighted by Crippen LogP contribution is 2.35. The van der Waals surface area contributed by atoms with Gasteiger partial charge in [-0.1, -0.05) is 48.0 Å². The van der Waals surface area contributed by atoms with Crippen LogP contribution in [0.4, 0.5) is 0 Å². The molecule has 1 aliphatic carbocycles. The Bertz CT molecular complexity index is 715. The molecule has 1 aliphatic rings. The molecule has 0 saturated heterocycles. The molecule has 2 heteroatoms. The summed E-state index contributed by atoms with van der Waals surface area (Å²) < 4.78 is 5.56. The van der Waals surface area contributed by atoms with Crippen LogP contribution >= 0.6 is 0 Å². The molecular weight excluding hydrogens is 282 g/mol. The van der Waals surface area contributed by atoms with Gasteiger partial charge in [-0.3, -0.25) is 0 Å². The summed E-state index contributed by atoms with van der Waals surface area (Å²) in [7, 11) is 6.05. The molecule has 0 amide bonds. The second-order valence-electron chi connectivity index (χ2n) is 6.47. The number of nitrogens with zero attached hydrogens (tertiary/aromatic N) is 1. The number of hydrogen-bond acceptors (Lipinski definition) is 2. The second-order valence-corrected chi connectivity index (χ2v) is 6.47. The average Bonchev–Trinajstić information content (AvgIpc) is 2.57. The summed E-state index contributed by atoms with van der Waals surface area (Å²) in [5.74, 6) is 0.979. The quantitative estimate of drug-likeness (QED) is 0.821. The van der Waals surface area contributed by atoms with Crippen molar-refractivity contribution in [2.45, 2.75) is 19.3 Å². The maximum absolute atomic E-state index is 5.56. The van der Waals surface area contributed by atoms with Gasteiger partial charge in [-0.05, 0) is 55.3 Å². The number of likely N-dealkylation sites (N-methyl/N-ethyl adjacent to an activating group) is 1. The lowest BCUT2D eigenvalue weighted by atomic mass is 9.82. The van der Waals surface area contributed by atoms with Crippen molar-refractivity contribution in [2.75, 3.05) is 27.7 Å². The fourth-order valence-electron chi connectivity index (χ4n) is 3.48. The van der Waals surface area contributed by atoms with Crippen molar-refractivity contribution in [3.63, 3.8) is 0 Å². The summed E-state index contributed by atoms with van der Waals surface area (Å²) in [5, 5.41) is 0. The van der Waals surface area contributed by atoms with Crippen LogP contribution in [0.2, 0.25) is 0 Å². The molecule has 2 aromatic rings. The van der Waals surface area contributed by atoms with Gasteiger partial charge in [0, 0.05) is 13.0 Å². The van der Waals surface area contributed by atoms with Crippen LogP contribution in [0.15, 0.2) is 54.1 Å². The van der Waals surface area contributed by atoms with E-state index in [-0.39, 0.29) is 0 Å². The summed E-state index contributed by atoms with van der Waals surface area (Å²) in [4.78, 5) is 2.27. The first kappa shape index (κ1) is 15.8. The van der Waals surface area contributed by atoms with Gasteiger partial charge in [0.15, 0.2) is 0 Å². The molecule has 0 atom stereocenters. The van der Waals surface area contributed by atoms with Crippen molar-refractivity contribution < 1.29 is 4.74 Å². The third-order valence-electron chi connectivity index (χ3n) is 4.53. The van der Waals surface area contributed by atoms with Crippen molar-refractivity contribution in [3.8, 4) is 5.75 Å². The molecule has 0 aromatic heterocycles. The predicted octanol–water partition coefficient (Wildman–Crippen LogP) is 4.20. The molecule has 2 nitrogen and oxygen atoms in total. The summed E-state index contributed by atoms with van der Waals surface area (Å²) in [6, 6.07) is 17.2. The van der Waals surface area contributed by atoms with Crippen molar-refractivity contribution in [1.29, 1.82) is 0 Å². The Morgan fingerprint density at radius 1 is 0.957 bits per heavy atom. The van der Waals surface area contributed by atoms with Gasteiger partial charge in [0.05, 0.1) is 7.11 Å². The van der Waals surface area contributed by atoms with E-state index >= 15 is 0 Å². The number of hydrogen-bond donors (Lipinski definition) is 0. The Hall–Kier alpha value is -2.06. The van der Waals surface area contributed by atoms with Gasteiger partial charge in [0.25, 0.3) is 0 Å². The Balaban J connectivity index is 2.04. The zero-order valence-corrected chi connectivity index (χ0v) is 14.3. The molecule has 2 aromatic carbocycles. The van der Waals surface area contributed by atoms with Gasteiger partial charge in [-0.25, -0.2) is 0 Å². The molecule has 0 fully saturated rings. The van der Waals surface area contributed by atoms with E-state index in [1.165, 1.54) is 22.3 Å². The van der Waals surface area contributed by atoms with E-state index < -0.39 is 0 Å². The minimum absolute atomic E-state index is 0.935. The van der Waals surface area contributed by atoms with E-state index in [0.717, 1.165) is 31.6 Å². The Morgan fingerprint density at radius 3 is 2.48 bits per heavy atom. The summed E-state index contributed by atoms with van der Waals surface area (Å²) in [6.07, 6.45) is 3.23. The normalized spacial score (nSPS) is 14.1. The number of fused-ring (bicyclic) bond motifs is 1. The maximum Gasteiger partial charge on any atom is 0.122 e. The smallest absolute Gasteiger partial charge is 0.122 e. The van der Waals surface area contributed by atoms with Crippen LogP contribution in [0.3, 0.4) is 0 Å². The van der Waals surface area contributed by atoms with Crippen LogP contribution in [0.1, 0.15) is 23.1 Å². The highest BCUT2D eigenvalue weighted by atomic mass is 16.5. The van der Waals surface area contributed by atoms with Gasteiger partial charge in [0.1, 0.15) is 5.75 Å². The van der Waals surface area contributed by atoms with E-state index in [1.807, 2.05) is 6.07 Å². The lowest BCUT2D eigenvalue weighted by Gasteiger charge is -2.26. The van der Waals surface area contributed by atoms with E-state index in [4.69, 9.17) is 4.74 Å². The lowest BCUT2D eigenvalue weighted by Crippen LogP contribution is -2.19. The lowest BCUT2D eigenvalue weighted by molar-refractivity contribution is 0.410. The average molecular weight is 307 g/mol. The first-order chi connectivity index (χ1) is 11.2. The van der Waals surface area contributed by atoms with Crippen molar-refractivity contribution >= 4 is 5.57 Å². The molecule has 120 valence electrons. The fourth-order valence-corrected chi connectivity index (χ4v) is 3.48. The molecule has 0 bridgehead atoms. The van der Waals surface area contributed by atoms with Crippen molar-refractivity contribution in [1.82, 2.24) is 4.90 Å². The number of allylic oxidation sites excluding steroid dienone is 1. The Kier molecular flexibility index (Phi) is 4.82. The Labute approximate surface area is 139 Å². The second kappa shape index (κ2) is 7.01. The number of aryl methyl sites for hydroxylation is 1. The molecule has 0 saturated carbocycles. The van der Waals surface area contributed by atoms with Gasteiger partial charge in [-0.15, -0.1) is 0 Å². The zero-order chi connectivity index (χ0) is 16.2. The number of rotatable bonds is 5. The van der Waals surface area contributed by atoms with Crippen LogP contribution in [-0.2, 0) is 12.8 Å². The van der Waals surface area contributed by atoms with Gasteiger partial charge in [0.2, 0.25) is 0 Å². The number of ether oxygens (including phenoxy) is 1. The standard InChI is InChI=1S/C21H25NO/c1-22(2)15-18-13-12-16-8-4-6-10-19(16)20(18)14-17-9-5-7-11-21(17)23-3/h4-11H,12-15H2,1-3H3. The van der Waals surface area contributed by atoms with Crippen LogP contribution in [-0.4, -0.2) is 32.6 Å². The number of para-hydroxylation sites is 1. The van der Waals surface area contributed by atoms with E-state index in [2.05, 4.69) is 61.5 Å². The van der Waals surface area contributed by atoms with E-state index in [1.54, 1.807) is 12.7 Å².